The van der Waals surface area contributed by atoms with Gasteiger partial charge >= 0.3 is 0 Å². The van der Waals surface area contributed by atoms with Crippen LogP contribution in [0.2, 0.25) is 0 Å². The number of aliphatic hydroxyl groups excluding tert-OH is 2. The minimum absolute atomic E-state index is 0.322. The van der Waals surface area contributed by atoms with Crippen LogP contribution in [0.4, 0.5) is 0 Å². The van der Waals surface area contributed by atoms with Crippen LogP contribution in [0, 0.1) is 0 Å². The van der Waals surface area contributed by atoms with Crippen LogP contribution in [0.25, 0.3) is 0 Å². The molecule has 0 spiro atoms. The van der Waals surface area contributed by atoms with Gasteiger partial charge in [0.05, 0.1) is 12.2 Å². The first-order valence-corrected chi connectivity index (χ1v) is 6.33. The van der Waals surface area contributed by atoms with Crippen molar-refractivity contribution in [2.45, 2.75) is 44.8 Å². The molecule has 3 heteroatoms. The number of ether oxygens (including phenoxy) is 1. The Kier molecular flexibility index (Phi) is 4.02. The normalized spacial score (nSPS) is 20.8. The van der Waals surface area contributed by atoms with Gasteiger partial charge in [-0.2, -0.15) is 0 Å². The zero-order valence-electron chi connectivity index (χ0n) is 10.2. The number of benzene rings is 1. The van der Waals surface area contributed by atoms with Gasteiger partial charge < -0.3 is 14.9 Å². The molecule has 0 heterocycles. The van der Waals surface area contributed by atoms with Crippen molar-refractivity contribution in [3.8, 4) is 5.75 Å². The van der Waals surface area contributed by atoms with Gasteiger partial charge in [-0.15, -0.1) is 0 Å². The maximum atomic E-state index is 9.90. The third kappa shape index (κ3) is 2.79. The minimum Gasteiger partial charge on any atom is -0.491 e. The second kappa shape index (κ2) is 5.52. The van der Waals surface area contributed by atoms with E-state index in [0.717, 1.165) is 36.1 Å². The third-order valence-electron chi connectivity index (χ3n) is 3.34. The van der Waals surface area contributed by atoms with E-state index in [2.05, 4.69) is 0 Å². The first-order chi connectivity index (χ1) is 8.22. The van der Waals surface area contributed by atoms with Crippen LogP contribution < -0.4 is 4.74 Å². The van der Waals surface area contributed by atoms with E-state index in [0.29, 0.717) is 13.0 Å². The molecule has 2 atom stereocenters. The van der Waals surface area contributed by atoms with E-state index in [1.807, 2.05) is 25.1 Å². The first kappa shape index (κ1) is 12.4. The van der Waals surface area contributed by atoms with Gasteiger partial charge in [0.25, 0.3) is 0 Å². The van der Waals surface area contributed by atoms with Crippen molar-refractivity contribution in [3.63, 3.8) is 0 Å². The molecule has 0 radical (unpaired) electrons. The maximum absolute atomic E-state index is 9.90. The molecule has 1 aromatic rings. The lowest BCUT2D eigenvalue weighted by Gasteiger charge is -2.24. The van der Waals surface area contributed by atoms with E-state index in [4.69, 9.17) is 4.74 Å². The topological polar surface area (TPSA) is 49.7 Å². The summed E-state index contributed by atoms with van der Waals surface area (Å²) in [5.41, 5.74) is 2.09. The predicted molar refractivity (Wildman–Crippen MR) is 66.1 cm³/mol. The summed E-state index contributed by atoms with van der Waals surface area (Å²) in [6, 6.07) is 5.78. The molecule has 17 heavy (non-hydrogen) atoms. The zero-order valence-corrected chi connectivity index (χ0v) is 10.2. The van der Waals surface area contributed by atoms with Crippen molar-refractivity contribution in [2.24, 2.45) is 0 Å². The summed E-state index contributed by atoms with van der Waals surface area (Å²) in [6.45, 7) is 2.25. The fourth-order valence-electron chi connectivity index (χ4n) is 2.23. The van der Waals surface area contributed by atoms with Crippen molar-refractivity contribution < 1.29 is 14.9 Å². The van der Waals surface area contributed by atoms with Crippen molar-refractivity contribution >= 4 is 0 Å². The van der Waals surface area contributed by atoms with E-state index < -0.39 is 6.10 Å². The van der Waals surface area contributed by atoms with Crippen LogP contribution in [0.3, 0.4) is 0 Å². The maximum Gasteiger partial charge on any atom is 0.122 e. The highest BCUT2D eigenvalue weighted by Gasteiger charge is 2.20. The molecular weight excluding hydrogens is 216 g/mol. The van der Waals surface area contributed by atoms with Crippen molar-refractivity contribution in [1.82, 2.24) is 0 Å². The standard InChI is InChI=1S/C14H20O3/c1-2-10(15)9-17-14-8-4-5-11-12(14)6-3-7-13(11)16/h4-5,8,10,13,15-16H,2-3,6-7,9H2,1H3. The summed E-state index contributed by atoms with van der Waals surface area (Å²) < 4.78 is 5.64. The van der Waals surface area contributed by atoms with Gasteiger partial charge in [0.15, 0.2) is 0 Å². The molecule has 0 aromatic heterocycles. The summed E-state index contributed by atoms with van der Waals surface area (Å²) in [7, 11) is 0. The SMILES string of the molecule is CCC(O)COc1cccc2c1CCCC2O. The molecule has 2 rings (SSSR count). The third-order valence-corrected chi connectivity index (χ3v) is 3.34. The van der Waals surface area contributed by atoms with Crippen LogP contribution in [0.15, 0.2) is 18.2 Å². The molecule has 94 valence electrons. The smallest absolute Gasteiger partial charge is 0.122 e. The van der Waals surface area contributed by atoms with Crippen LogP contribution in [-0.2, 0) is 6.42 Å². The minimum atomic E-state index is -0.417. The molecule has 1 aliphatic carbocycles. The first-order valence-electron chi connectivity index (χ1n) is 6.33. The Hall–Kier alpha value is -1.06. The van der Waals surface area contributed by atoms with Crippen molar-refractivity contribution in [3.05, 3.63) is 29.3 Å². The van der Waals surface area contributed by atoms with E-state index in [-0.39, 0.29) is 6.10 Å². The lowest BCUT2D eigenvalue weighted by molar-refractivity contribution is 0.102. The Morgan fingerprint density at radius 1 is 1.47 bits per heavy atom. The number of aliphatic hydroxyl groups is 2. The molecule has 1 aromatic carbocycles. The molecule has 0 aliphatic heterocycles. The van der Waals surface area contributed by atoms with E-state index >= 15 is 0 Å². The Morgan fingerprint density at radius 3 is 3.06 bits per heavy atom. The molecule has 0 saturated carbocycles. The van der Waals surface area contributed by atoms with Crippen molar-refractivity contribution in [2.75, 3.05) is 6.61 Å². The molecule has 0 saturated heterocycles. The molecule has 0 fully saturated rings. The van der Waals surface area contributed by atoms with Gasteiger partial charge in [-0.3, -0.25) is 0 Å². The van der Waals surface area contributed by atoms with Gasteiger partial charge in [0, 0.05) is 0 Å². The summed E-state index contributed by atoms with van der Waals surface area (Å²) in [5.74, 6) is 0.814. The zero-order chi connectivity index (χ0) is 12.3. The van der Waals surface area contributed by atoms with E-state index in [1.165, 1.54) is 0 Å². The van der Waals surface area contributed by atoms with E-state index in [9.17, 15) is 10.2 Å². The monoisotopic (exact) mass is 236 g/mol. The lowest BCUT2D eigenvalue weighted by atomic mass is 9.89. The van der Waals surface area contributed by atoms with Crippen LogP contribution >= 0.6 is 0 Å². The second-order valence-corrected chi connectivity index (χ2v) is 4.61. The fraction of sp³-hybridized carbons (Fsp3) is 0.571. The molecule has 0 amide bonds. The average molecular weight is 236 g/mol. The van der Waals surface area contributed by atoms with Gasteiger partial charge in [0.1, 0.15) is 12.4 Å². The van der Waals surface area contributed by atoms with Gasteiger partial charge in [-0.1, -0.05) is 19.1 Å². The number of hydrogen-bond donors (Lipinski definition) is 2. The highest BCUT2D eigenvalue weighted by Crippen LogP contribution is 2.35. The number of fused-ring (bicyclic) bond motifs is 1. The molecule has 3 nitrogen and oxygen atoms in total. The highest BCUT2D eigenvalue weighted by atomic mass is 16.5. The molecular formula is C14H20O3. The summed E-state index contributed by atoms with van der Waals surface area (Å²) >= 11 is 0. The summed E-state index contributed by atoms with van der Waals surface area (Å²) in [5, 5.41) is 19.4. The highest BCUT2D eigenvalue weighted by molar-refractivity contribution is 5.42. The largest absolute Gasteiger partial charge is 0.491 e. The van der Waals surface area contributed by atoms with Crippen LogP contribution in [-0.4, -0.2) is 22.9 Å². The number of rotatable bonds is 4. The second-order valence-electron chi connectivity index (χ2n) is 4.61. The fourth-order valence-corrected chi connectivity index (χ4v) is 2.23. The van der Waals surface area contributed by atoms with Gasteiger partial charge in [-0.25, -0.2) is 0 Å². The van der Waals surface area contributed by atoms with Gasteiger partial charge in [-0.05, 0) is 42.9 Å². The molecule has 2 N–H and O–H groups in total. The summed E-state index contributed by atoms with van der Waals surface area (Å²) in [4.78, 5) is 0. The van der Waals surface area contributed by atoms with Gasteiger partial charge in [0.2, 0.25) is 0 Å². The van der Waals surface area contributed by atoms with Crippen LogP contribution in [0.1, 0.15) is 43.4 Å². The molecule has 0 bridgehead atoms. The van der Waals surface area contributed by atoms with E-state index in [1.54, 1.807) is 0 Å². The Labute approximate surface area is 102 Å². The van der Waals surface area contributed by atoms with Crippen molar-refractivity contribution in [1.29, 1.82) is 0 Å². The summed E-state index contributed by atoms with van der Waals surface area (Å²) in [6.07, 6.45) is 2.68. The molecule has 1 aliphatic rings. The predicted octanol–water partition coefficient (Wildman–Crippen LogP) is 2.21. The Bertz CT molecular complexity index is 376. The van der Waals surface area contributed by atoms with Crippen LogP contribution in [0.5, 0.6) is 5.75 Å². The molecule has 2 unspecified atom stereocenters. The Morgan fingerprint density at radius 2 is 2.29 bits per heavy atom. The lowest BCUT2D eigenvalue weighted by Crippen LogP contribution is -2.18. The Balaban J connectivity index is 2.15. The quantitative estimate of drug-likeness (QED) is 0.842. The average Bonchev–Trinajstić information content (AvgIpc) is 2.36. The number of hydrogen-bond acceptors (Lipinski definition) is 3.